The molecule has 3 N–H and O–H groups in total. The molecule has 4 nitrogen and oxygen atoms in total. The van der Waals surface area contributed by atoms with E-state index < -0.39 is 0 Å². The van der Waals surface area contributed by atoms with Crippen molar-refractivity contribution in [1.29, 1.82) is 0 Å². The van der Waals surface area contributed by atoms with E-state index >= 15 is 0 Å². The van der Waals surface area contributed by atoms with Crippen LogP contribution in [0.3, 0.4) is 0 Å². The number of nitrogens with zero attached hydrogens (tertiary/aromatic N) is 1. The summed E-state index contributed by atoms with van der Waals surface area (Å²) in [5.74, 6) is -0.285. The Hall–Kier alpha value is -1.62. The minimum Gasteiger partial charge on any atom is -0.463 e. The van der Waals surface area contributed by atoms with Gasteiger partial charge in [-0.2, -0.15) is 4.98 Å². The molecule has 1 aliphatic rings. The summed E-state index contributed by atoms with van der Waals surface area (Å²) < 4.78 is 18.8. The van der Waals surface area contributed by atoms with Crippen LogP contribution in [0.25, 0.3) is 11.0 Å². The zero-order valence-corrected chi connectivity index (χ0v) is 11.5. The third kappa shape index (κ3) is 2.93. The van der Waals surface area contributed by atoms with E-state index in [1.54, 1.807) is 6.07 Å². The van der Waals surface area contributed by atoms with E-state index in [2.05, 4.69) is 9.97 Å². The molecular weight excluding hydrogens is 257 g/mol. The first kappa shape index (κ1) is 13.4. The highest BCUT2D eigenvalue weighted by molar-refractivity contribution is 5.75. The van der Waals surface area contributed by atoms with Gasteiger partial charge in [0.15, 0.2) is 0 Å². The summed E-state index contributed by atoms with van der Waals surface area (Å²) in [6.07, 6.45) is 6.80. The Morgan fingerprint density at radius 2 is 2.00 bits per heavy atom. The van der Waals surface area contributed by atoms with Gasteiger partial charge in [-0.1, -0.05) is 25.7 Å². The van der Waals surface area contributed by atoms with Gasteiger partial charge in [-0.15, -0.1) is 0 Å². The molecular formula is C15H20FN3O. The summed E-state index contributed by atoms with van der Waals surface area (Å²) in [7, 11) is 0. The number of H-pyrrole nitrogens is 1. The summed E-state index contributed by atoms with van der Waals surface area (Å²) in [4.78, 5) is 7.27. The number of rotatable bonds is 3. The van der Waals surface area contributed by atoms with Gasteiger partial charge >= 0.3 is 0 Å². The van der Waals surface area contributed by atoms with Crippen LogP contribution in [0, 0.1) is 5.82 Å². The van der Waals surface area contributed by atoms with Crippen LogP contribution in [0.1, 0.15) is 38.5 Å². The second-order valence-electron chi connectivity index (χ2n) is 5.77. The number of aromatic nitrogens is 2. The minimum absolute atomic E-state index is 0.263. The first-order chi connectivity index (χ1) is 9.65. The Kier molecular flexibility index (Phi) is 3.61. The van der Waals surface area contributed by atoms with E-state index in [9.17, 15) is 4.39 Å². The van der Waals surface area contributed by atoms with Crippen LogP contribution >= 0.6 is 0 Å². The van der Waals surface area contributed by atoms with Crippen LogP contribution in [0.4, 0.5) is 4.39 Å². The summed E-state index contributed by atoms with van der Waals surface area (Å²) in [6.45, 7) is 0.454. The van der Waals surface area contributed by atoms with Crippen LogP contribution < -0.4 is 10.5 Å². The topological polar surface area (TPSA) is 63.9 Å². The molecule has 0 unspecified atom stereocenters. The third-order valence-corrected chi connectivity index (χ3v) is 4.02. The predicted molar refractivity (Wildman–Crippen MR) is 76.2 cm³/mol. The molecule has 2 aromatic rings. The van der Waals surface area contributed by atoms with Gasteiger partial charge in [0.1, 0.15) is 12.4 Å². The zero-order valence-electron chi connectivity index (χ0n) is 11.5. The van der Waals surface area contributed by atoms with Crippen molar-refractivity contribution in [3.63, 3.8) is 0 Å². The lowest BCUT2D eigenvalue weighted by Crippen LogP contribution is -2.45. The molecule has 0 atom stereocenters. The number of hydrogen-bond acceptors (Lipinski definition) is 3. The van der Waals surface area contributed by atoms with Gasteiger partial charge in [-0.25, -0.2) is 4.39 Å². The fourth-order valence-corrected chi connectivity index (χ4v) is 2.82. The highest BCUT2D eigenvalue weighted by atomic mass is 19.1. The number of aromatic amines is 1. The smallest absolute Gasteiger partial charge is 0.294 e. The molecule has 1 saturated carbocycles. The average Bonchev–Trinajstić information content (AvgIpc) is 2.70. The van der Waals surface area contributed by atoms with Crippen LogP contribution in [-0.4, -0.2) is 22.1 Å². The van der Waals surface area contributed by atoms with Crippen LogP contribution in [0.2, 0.25) is 0 Å². The number of hydrogen-bond donors (Lipinski definition) is 2. The number of benzene rings is 1. The van der Waals surface area contributed by atoms with Crippen LogP contribution in [-0.2, 0) is 0 Å². The van der Waals surface area contributed by atoms with E-state index in [1.165, 1.54) is 25.0 Å². The van der Waals surface area contributed by atoms with E-state index in [0.717, 1.165) is 25.7 Å². The van der Waals surface area contributed by atoms with Gasteiger partial charge in [0.2, 0.25) is 0 Å². The molecule has 0 bridgehead atoms. The molecule has 1 fully saturated rings. The van der Waals surface area contributed by atoms with E-state index in [4.69, 9.17) is 10.5 Å². The molecule has 5 heteroatoms. The van der Waals surface area contributed by atoms with Crippen molar-refractivity contribution in [2.75, 3.05) is 6.61 Å². The van der Waals surface area contributed by atoms with Crippen molar-refractivity contribution in [3.05, 3.63) is 24.0 Å². The lowest BCUT2D eigenvalue weighted by molar-refractivity contribution is 0.189. The molecule has 0 amide bonds. The molecule has 0 saturated heterocycles. The first-order valence-electron chi connectivity index (χ1n) is 7.22. The monoisotopic (exact) mass is 277 g/mol. The Morgan fingerprint density at radius 1 is 1.25 bits per heavy atom. The predicted octanol–water partition coefficient (Wildman–Crippen LogP) is 3.13. The molecule has 20 heavy (non-hydrogen) atoms. The molecule has 1 aliphatic carbocycles. The van der Waals surface area contributed by atoms with Gasteiger partial charge < -0.3 is 15.5 Å². The third-order valence-electron chi connectivity index (χ3n) is 4.02. The minimum atomic E-state index is -0.285. The van der Waals surface area contributed by atoms with Crippen molar-refractivity contribution < 1.29 is 9.13 Å². The summed E-state index contributed by atoms with van der Waals surface area (Å²) in [5.41, 5.74) is 7.48. The molecule has 0 radical (unpaired) electrons. The van der Waals surface area contributed by atoms with Crippen molar-refractivity contribution in [1.82, 2.24) is 9.97 Å². The second kappa shape index (κ2) is 5.40. The van der Waals surface area contributed by atoms with E-state index in [-0.39, 0.29) is 11.4 Å². The van der Waals surface area contributed by atoms with Gasteiger partial charge in [0, 0.05) is 0 Å². The van der Waals surface area contributed by atoms with Gasteiger partial charge in [-0.3, -0.25) is 0 Å². The molecule has 0 spiro atoms. The molecule has 1 aromatic carbocycles. The molecule has 108 valence electrons. The van der Waals surface area contributed by atoms with Crippen molar-refractivity contribution in [2.24, 2.45) is 5.73 Å². The van der Waals surface area contributed by atoms with Crippen molar-refractivity contribution in [2.45, 2.75) is 44.1 Å². The Balaban J connectivity index is 1.69. The Bertz CT molecular complexity index is 588. The number of fused-ring (bicyclic) bond motifs is 1. The number of nitrogens with two attached hydrogens (primary N) is 1. The normalized spacial score (nSPS) is 18.9. The Morgan fingerprint density at radius 3 is 2.75 bits per heavy atom. The molecule has 3 rings (SSSR count). The number of nitrogens with one attached hydrogen (secondary N) is 1. The second-order valence-corrected chi connectivity index (χ2v) is 5.77. The van der Waals surface area contributed by atoms with E-state index in [1.807, 2.05) is 0 Å². The number of imidazole rings is 1. The highest BCUT2D eigenvalue weighted by Gasteiger charge is 2.27. The molecule has 0 aliphatic heterocycles. The Labute approximate surface area is 117 Å². The lowest BCUT2D eigenvalue weighted by atomic mass is 9.93. The van der Waals surface area contributed by atoms with Crippen molar-refractivity contribution in [3.8, 4) is 6.01 Å². The summed E-state index contributed by atoms with van der Waals surface area (Å²) in [6, 6.07) is 4.86. The first-order valence-corrected chi connectivity index (χ1v) is 7.22. The summed E-state index contributed by atoms with van der Waals surface area (Å²) >= 11 is 0. The lowest BCUT2D eigenvalue weighted by Gasteiger charge is -2.27. The molecule has 1 heterocycles. The highest BCUT2D eigenvalue weighted by Crippen LogP contribution is 2.26. The maximum atomic E-state index is 13.1. The molecule has 1 aromatic heterocycles. The van der Waals surface area contributed by atoms with Gasteiger partial charge in [-0.05, 0) is 31.0 Å². The fourth-order valence-electron chi connectivity index (χ4n) is 2.82. The van der Waals surface area contributed by atoms with Gasteiger partial charge in [0.25, 0.3) is 6.01 Å². The number of ether oxygens (including phenoxy) is 1. The van der Waals surface area contributed by atoms with E-state index in [0.29, 0.717) is 23.7 Å². The largest absolute Gasteiger partial charge is 0.463 e. The fraction of sp³-hybridized carbons (Fsp3) is 0.533. The maximum Gasteiger partial charge on any atom is 0.294 e. The quantitative estimate of drug-likeness (QED) is 0.847. The van der Waals surface area contributed by atoms with Gasteiger partial charge in [0.05, 0.1) is 16.6 Å². The standard InChI is InChI=1S/C15H20FN3O/c16-11-5-6-12-13(9-11)19-14(18-12)20-10-15(17)7-3-1-2-4-8-15/h5-6,9H,1-4,7-8,10,17H2,(H,18,19). The zero-order chi connectivity index (χ0) is 14.0. The van der Waals surface area contributed by atoms with Crippen LogP contribution in [0.15, 0.2) is 18.2 Å². The van der Waals surface area contributed by atoms with Crippen LogP contribution in [0.5, 0.6) is 6.01 Å². The van der Waals surface area contributed by atoms with Crippen molar-refractivity contribution >= 4 is 11.0 Å². The number of halogens is 1. The SMILES string of the molecule is NC1(COc2nc3ccc(F)cc3[nH]2)CCCCCC1. The summed E-state index contributed by atoms with van der Waals surface area (Å²) in [5, 5.41) is 0. The average molecular weight is 277 g/mol. The maximum absolute atomic E-state index is 13.1.